The van der Waals surface area contributed by atoms with Gasteiger partial charge in [0.2, 0.25) is 0 Å². The van der Waals surface area contributed by atoms with E-state index < -0.39 is 23.8 Å². The van der Waals surface area contributed by atoms with E-state index in [9.17, 15) is 18.4 Å². The van der Waals surface area contributed by atoms with E-state index in [2.05, 4.69) is 0 Å². The number of amides is 1. The summed E-state index contributed by atoms with van der Waals surface area (Å²) in [7, 11) is 2.56. The van der Waals surface area contributed by atoms with Gasteiger partial charge in [-0.1, -0.05) is 0 Å². The van der Waals surface area contributed by atoms with Crippen LogP contribution in [0.25, 0.3) is 0 Å². The van der Waals surface area contributed by atoms with Crippen molar-refractivity contribution in [3.05, 3.63) is 35.4 Å². The average Bonchev–Trinajstić information content (AvgIpc) is 2.56. The molecule has 1 aromatic carbocycles. The highest BCUT2D eigenvalue weighted by Gasteiger charge is 2.36. The van der Waals surface area contributed by atoms with Gasteiger partial charge in [0.1, 0.15) is 11.6 Å². The normalized spacial score (nSPS) is 21.0. The fourth-order valence-corrected chi connectivity index (χ4v) is 2.94. The van der Waals surface area contributed by atoms with Gasteiger partial charge in [-0.2, -0.15) is 0 Å². The lowest BCUT2D eigenvalue weighted by atomic mass is 9.87. The smallest absolute Gasteiger partial charge is 0.409 e. The minimum absolute atomic E-state index is 0.103. The lowest BCUT2D eigenvalue weighted by Gasteiger charge is -2.37. The van der Waals surface area contributed by atoms with Crippen molar-refractivity contribution >= 4 is 12.1 Å². The van der Waals surface area contributed by atoms with E-state index in [-0.39, 0.29) is 23.9 Å². The molecular formula is C16H19F2NO4. The summed E-state index contributed by atoms with van der Waals surface area (Å²) in [6.45, 7) is 0.300. The summed E-state index contributed by atoms with van der Waals surface area (Å²) in [5, 5.41) is 0. The topological polar surface area (TPSA) is 55.8 Å². The molecule has 1 saturated heterocycles. The Morgan fingerprint density at radius 3 is 2.65 bits per heavy atom. The number of benzene rings is 1. The molecule has 5 nitrogen and oxygen atoms in total. The maximum atomic E-state index is 13.9. The summed E-state index contributed by atoms with van der Waals surface area (Å²) in [6.07, 6.45) is 0.323. The average molecular weight is 327 g/mol. The van der Waals surface area contributed by atoms with Gasteiger partial charge in [-0.3, -0.25) is 4.79 Å². The summed E-state index contributed by atoms with van der Waals surface area (Å²) >= 11 is 0. The first kappa shape index (κ1) is 17.2. The standard InChI is InChI=1S/C16H19F2NO4/c1-22-15(20)10-5-6-19(16(21)23-2)13(8-10)9-11-7-12(17)3-4-14(11)18/h3-4,7,10,13H,5-6,8-9H2,1-2H3. The summed E-state index contributed by atoms with van der Waals surface area (Å²) in [5.41, 5.74) is 0.161. The number of ether oxygens (including phenoxy) is 2. The molecule has 1 aromatic rings. The number of piperidine rings is 1. The second kappa shape index (κ2) is 7.39. The summed E-state index contributed by atoms with van der Waals surface area (Å²) in [5.74, 6) is -1.83. The van der Waals surface area contributed by atoms with Crippen molar-refractivity contribution in [2.75, 3.05) is 20.8 Å². The molecule has 2 unspecified atom stereocenters. The monoisotopic (exact) mass is 327 g/mol. The Balaban J connectivity index is 2.22. The minimum Gasteiger partial charge on any atom is -0.469 e. The van der Waals surface area contributed by atoms with Crippen molar-refractivity contribution in [1.29, 1.82) is 0 Å². The lowest BCUT2D eigenvalue weighted by molar-refractivity contribution is -0.147. The Bertz CT molecular complexity index is 593. The second-order valence-corrected chi connectivity index (χ2v) is 5.50. The van der Waals surface area contributed by atoms with Crippen LogP contribution in [0.2, 0.25) is 0 Å². The van der Waals surface area contributed by atoms with Gasteiger partial charge in [0.25, 0.3) is 0 Å². The van der Waals surface area contributed by atoms with Crippen molar-refractivity contribution in [1.82, 2.24) is 4.90 Å². The molecule has 0 spiro atoms. The number of carbonyl (C=O) groups excluding carboxylic acids is 2. The molecule has 0 aliphatic carbocycles. The molecule has 0 bridgehead atoms. The zero-order chi connectivity index (χ0) is 17.0. The van der Waals surface area contributed by atoms with E-state index in [4.69, 9.17) is 9.47 Å². The molecule has 0 radical (unpaired) electrons. The highest BCUT2D eigenvalue weighted by molar-refractivity contribution is 5.73. The number of rotatable bonds is 3. The van der Waals surface area contributed by atoms with Gasteiger partial charge < -0.3 is 14.4 Å². The molecule has 1 aliphatic rings. The van der Waals surface area contributed by atoms with Crippen molar-refractivity contribution in [2.24, 2.45) is 5.92 Å². The maximum Gasteiger partial charge on any atom is 0.409 e. The van der Waals surface area contributed by atoms with E-state index in [1.807, 2.05) is 0 Å². The van der Waals surface area contributed by atoms with Gasteiger partial charge in [-0.15, -0.1) is 0 Å². The molecule has 23 heavy (non-hydrogen) atoms. The first-order valence-electron chi connectivity index (χ1n) is 7.32. The van der Waals surface area contributed by atoms with Crippen LogP contribution in [0, 0.1) is 17.6 Å². The fourth-order valence-electron chi connectivity index (χ4n) is 2.94. The van der Waals surface area contributed by atoms with Gasteiger partial charge in [0.05, 0.1) is 20.1 Å². The number of halogens is 2. The second-order valence-electron chi connectivity index (χ2n) is 5.50. The minimum atomic E-state index is -0.550. The van der Waals surface area contributed by atoms with Crippen molar-refractivity contribution in [3.8, 4) is 0 Å². The first-order valence-corrected chi connectivity index (χ1v) is 7.32. The van der Waals surface area contributed by atoms with Gasteiger partial charge >= 0.3 is 12.1 Å². The third-order valence-corrected chi connectivity index (χ3v) is 4.12. The van der Waals surface area contributed by atoms with Gasteiger partial charge in [-0.25, -0.2) is 13.6 Å². The lowest BCUT2D eigenvalue weighted by Crippen LogP contribution is -2.48. The number of likely N-dealkylation sites (tertiary alicyclic amines) is 1. The first-order chi connectivity index (χ1) is 11.0. The van der Waals surface area contributed by atoms with Gasteiger partial charge in [0, 0.05) is 12.6 Å². The Morgan fingerprint density at radius 1 is 1.26 bits per heavy atom. The van der Waals surface area contributed by atoms with Crippen molar-refractivity contribution in [3.63, 3.8) is 0 Å². The van der Waals surface area contributed by atoms with Gasteiger partial charge in [0.15, 0.2) is 0 Å². The molecule has 1 fully saturated rings. The number of carbonyl (C=O) groups is 2. The zero-order valence-corrected chi connectivity index (χ0v) is 13.1. The Hall–Kier alpha value is -2.18. The van der Waals surface area contributed by atoms with Gasteiger partial charge in [-0.05, 0) is 43.0 Å². The largest absolute Gasteiger partial charge is 0.469 e. The molecule has 1 heterocycles. The predicted molar refractivity (Wildman–Crippen MR) is 77.7 cm³/mol. The number of methoxy groups -OCH3 is 2. The van der Waals surface area contributed by atoms with Crippen LogP contribution >= 0.6 is 0 Å². The molecule has 126 valence electrons. The van der Waals surface area contributed by atoms with Crippen LogP contribution in [0.3, 0.4) is 0 Å². The van der Waals surface area contributed by atoms with E-state index in [0.717, 1.165) is 18.2 Å². The third-order valence-electron chi connectivity index (χ3n) is 4.12. The molecule has 0 saturated carbocycles. The van der Waals surface area contributed by atoms with E-state index in [0.29, 0.717) is 19.4 Å². The Labute approximate surface area is 133 Å². The van der Waals surface area contributed by atoms with Crippen LogP contribution in [0.4, 0.5) is 13.6 Å². The Morgan fingerprint density at radius 2 is 2.00 bits per heavy atom. The zero-order valence-electron chi connectivity index (χ0n) is 13.1. The predicted octanol–water partition coefficient (Wildman–Crippen LogP) is 2.53. The molecule has 1 amide bonds. The molecule has 0 aromatic heterocycles. The highest BCUT2D eigenvalue weighted by Crippen LogP contribution is 2.28. The number of nitrogens with zero attached hydrogens (tertiary/aromatic N) is 1. The van der Waals surface area contributed by atoms with E-state index in [1.54, 1.807) is 0 Å². The van der Waals surface area contributed by atoms with Crippen LogP contribution in [0.15, 0.2) is 18.2 Å². The van der Waals surface area contributed by atoms with E-state index >= 15 is 0 Å². The number of esters is 1. The summed E-state index contributed by atoms with van der Waals surface area (Å²) < 4.78 is 36.7. The number of hydrogen-bond acceptors (Lipinski definition) is 4. The molecule has 7 heteroatoms. The van der Waals surface area contributed by atoms with Crippen LogP contribution in [0.5, 0.6) is 0 Å². The highest BCUT2D eigenvalue weighted by atomic mass is 19.1. The molecule has 2 rings (SSSR count). The van der Waals surface area contributed by atoms with Crippen LogP contribution in [-0.4, -0.2) is 43.8 Å². The third kappa shape index (κ3) is 3.97. The fraction of sp³-hybridized carbons (Fsp3) is 0.500. The Kier molecular flexibility index (Phi) is 5.52. The van der Waals surface area contributed by atoms with Crippen molar-refractivity contribution in [2.45, 2.75) is 25.3 Å². The van der Waals surface area contributed by atoms with Crippen LogP contribution < -0.4 is 0 Å². The molecule has 1 aliphatic heterocycles. The summed E-state index contributed by atoms with van der Waals surface area (Å²) in [4.78, 5) is 25.1. The molecule has 0 N–H and O–H groups in total. The van der Waals surface area contributed by atoms with E-state index in [1.165, 1.54) is 19.1 Å². The molecule has 2 atom stereocenters. The maximum absolute atomic E-state index is 13.9. The summed E-state index contributed by atoms with van der Waals surface area (Å²) in [6, 6.07) is 2.73. The van der Waals surface area contributed by atoms with Crippen LogP contribution in [0.1, 0.15) is 18.4 Å². The SMILES string of the molecule is COC(=O)C1CCN(C(=O)OC)C(Cc2cc(F)ccc2F)C1. The number of hydrogen-bond donors (Lipinski definition) is 0. The quantitative estimate of drug-likeness (QED) is 0.801. The molecular weight excluding hydrogens is 308 g/mol. The van der Waals surface area contributed by atoms with Crippen LogP contribution in [-0.2, 0) is 20.7 Å². The van der Waals surface area contributed by atoms with Crippen molar-refractivity contribution < 1.29 is 27.8 Å².